The zero-order chi connectivity index (χ0) is 14.3. The van der Waals surface area contributed by atoms with Gasteiger partial charge in [-0.3, -0.25) is 0 Å². The molecular formula is C14H24N2O2S. The van der Waals surface area contributed by atoms with Gasteiger partial charge in [-0.1, -0.05) is 44.5 Å². The maximum Gasteiger partial charge on any atom is 0.218 e. The summed E-state index contributed by atoms with van der Waals surface area (Å²) in [4.78, 5) is 0. The molecule has 2 N–H and O–H groups in total. The van der Waals surface area contributed by atoms with Crippen LogP contribution in [0.15, 0.2) is 24.3 Å². The number of nitrogens with two attached hydrogens (primary N) is 1. The van der Waals surface area contributed by atoms with Crippen molar-refractivity contribution in [3.63, 3.8) is 0 Å². The summed E-state index contributed by atoms with van der Waals surface area (Å²) in [7, 11) is -3.23. The molecule has 0 saturated heterocycles. The Hall–Kier alpha value is -0.910. The number of hydrogen-bond acceptors (Lipinski definition) is 3. The van der Waals surface area contributed by atoms with Crippen LogP contribution in [0, 0.1) is 0 Å². The SMILES string of the molecule is CCCCN(CC)S(=O)(=O)Cc1cccc(CN)c1. The van der Waals surface area contributed by atoms with Gasteiger partial charge in [0.2, 0.25) is 10.0 Å². The van der Waals surface area contributed by atoms with Crippen LogP contribution in [-0.2, 0) is 22.3 Å². The summed E-state index contributed by atoms with van der Waals surface area (Å²) in [5, 5.41) is 0. The van der Waals surface area contributed by atoms with E-state index in [2.05, 4.69) is 6.92 Å². The molecule has 0 atom stereocenters. The molecule has 0 aliphatic carbocycles. The second kappa shape index (κ2) is 7.62. The van der Waals surface area contributed by atoms with Crippen molar-refractivity contribution in [2.45, 2.75) is 39.0 Å². The number of benzene rings is 1. The van der Waals surface area contributed by atoms with Crippen molar-refractivity contribution in [3.8, 4) is 0 Å². The molecule has 0 amide bonds. The zero-order valence-electron chi connectivity index (χ0n) is 11.8. The minimum Gasteiger partial charge on any atom is -0.326 e. The molecule has 0 aliphatic rings. The minimum atomic E-state index is -3.23. The maximum absolute atomic E-state index is 12.3. The van der Waals surface area contributed by atoms with E-state index in [0.717, 1.165) is 24.0 Å². The van der Waals surface area contributed by atoms with Crippen LogP contribution < -0.4 is 5.73 Å². The van der Waals surface area contributed by atoms with E-state index in [1.807, 2.05) is 31.2 Å². The normalized spacial score (nSPS) is 12.0. The first-order chi connectivity index (χ1) is 9.03. The monoisotopic (exact) mass is 284 g/mol. The maximum atomic E-state index is 12.3. The first-order valence-electron chi connectivity index (χ1n) is 6.79. The Morgan fingerprint density at radius 1 is 1.21 bits per heavy atom. The molecule has 19 heavy (non-hydrogen) atoms. The number of nitrogens with zero attached hydrogens (tertiary/aromatic N) is 1. The van der Waals surface area contributed by atoms with E-state index in [1.54, 1.807) is 4.31 Å². The van der Waals surface area contributed by atoms with Gasteiger partial charge >= 0.3 is 0 Å². The molecule has 0 aromatic heterocycles. The fraction of sp³-hybridized carbons (Fsp3) is 0.571. The van der Waals surface area contributed by atoms with E-state index in [0.29, 0.717) is 19.6 Å². The summed E-state index contributed by atoms with van der Waals surface area (Å²) in [6.07, 6.45) is 1.89. The van der Waals surface area contributed by atoms with Crippen molar-refractivity contribution in [1.29, 1.82) is 0 Å². The molecule has 0 saturated carbocycles. The van der Waals surface area contributed by atoms with Crippen molar-refractivity contribution < 1.29 is 8.42 Å². The number of rotatable bonds is 8. The Bertz CT molecular complexity index is 486. The van der Waals surface area contributed by atoms with Crippen LogP contribution in [-0.4, -0.2) is 25.8 Å². The lowest BCUT2D eigenvalue weighted by atomic mass is 10.1. The Morgan fingerprint density at radius 2 is 1.89 bits per heavy atom. The molecule has 108 valence electrons. The van der Waals surface area contributed by atoms with Crippen LogP contribution in [0.2, 0.25) is 0 Å². The summed E-state index contributed by atoms with van der Waals surface area (Å²) >= 11 is 0. The standard InChI is InChI=1S/C14H24N2O2S/c1-3-5-9-16(4-2)19(17,18)12-14-8-6-7-13(10-14)11-15/h6-8,10H,3-5,9,11-12,15H2,1-2H3. The summed E-state index contributed by atoms with van der Waals surface area (Å²) < 4.78 is 26.2. The molecule has 4 nitrogen and oxygen atoms in total. The molecule has 1 rings (SSSR count). The highest BCUT2D eigenvalue weighted by molar-refractivity contribution is 7.88. The lowest BCUT2D eigenvalue weighted by Crippen LogP contribution is -2.32. The molecule has 0 aliphatic heterocycles. The van der Waals surface area contributed by atoms with Crippen LogP contribution in [0.3, 0.4) is 0 Å². The third-order valence-corrected chi connectivity index (χ3v) is 5.01. The van der Waals surface area contributed by atoms with Crippen LogP contribution in [0.25, 0.3) is 0 Å². The van der Waals surface area contributed by atoms with Gasteiger partial charge in [-0.15, -0.1) is 0 Å². The highest BCUT2D eigenvalue weighted by Gasteiger charge is 2.20. The third-order valence-electron chi connectivity index (χ3n) is 3.08. The average Bonchev–Trinajstić information content (AvgIpc) is 2.39. The molecule has 0 spiro atoms. The fourth-order valence-electron chi connectivity index (χ4n) is 1.98. The quantitative estimate of drug-likeness (QED) is 0.795. The highest BCUT2D eigenvalue weighted by Crippen LogP contribution is 2.13. The van der Waals surface area contributed by atoms with Crippen LogP contribution >= 0.6 is 0 Å². The minimum absolute atomic E-state index is 0.0540. The number of unbranched alkanes of at least 4 members (excludes halogenated alkanes) is 1. The number of hydrogen-bond donors (Lipinski definition) is 1. The van der Waals surface area contributed by atoms with Crippen LogP contribution in [0.5, 0.6) is 0 Å². The molecule has 1 aromatic carbocycles. The smallest absolute Gasteiger partial charge is 0.218 e. The van der Waals surface area contributed by atoms with Gasteiger partial charge in [0.1, 0.15) is 0 Å². The molecule has 0 fully saturated rings. The van der Waals surface area contributed by atoms with E-state index in [9.17, 15) is 8.42 Å². The summed E-state index contributed by atoms with van der Waals surface area (Å²) in [5.41, 5.74) is 7.34. The van der Waals surface area contributed by atoms with E-state index in [1.165, 1.54) is 0 Å². The molecule has 0 bridgehead atoms. The van der Waals surface area contributed by atoms with Crippen molar-refractivity contribution in [2.75, 3.05) is 13.1 Å². The van der Waals surface area contributed by atoms with Crippen molar-refractivity contribution >= 4 is 10.0 Å². The van der Waals surface area contributed by atoms with Gasteiger partial charge < -0.3 is 5.73 Å². The highest BCUT2D eigenvalue weighted by atomic mass is 32.2. The average molecular weight is 284 g/mol. The van der Waals surface area contributed by atoms with Crippen LogP contribution in [0.4, 0.5) is 0 Å². The molecule has 0 radical (unpaired) electrons. The Kier molecular flexibility index (Phi) is 6.48. The largest absolute Gasteiger partial charge is 0.326 e. The van der Waals surface area contributed by atoms with Crippen molar-refractivity contribution in [2.24, 2.45) is 5.73 Å². The van der Waals surface area contributed by atoms with E-state index < -0.39 is 10.0 Å². The predicted octanol–water partition coefficient (Wildman–Crippen LogP) is 2.10. The first kappa shape index (κ1) is 16.1. The zero-order valence-corrected chi connectivity index (χ0v) is 12.6. The third kappa shape index (κ3) is 4.93. The second-order valence-electron chi connectivity index (χ2n) is 4.63. The Balaban J connectivity index is 2.81. The molecular weight excluding hydrogens is 260 g/mol. The van der Waals surface area contributed by atoms with E-state index >= 15 is 0 Å². The fourth-order valence-corrected chi connectivity index (χ4v) is 3.56. The predicted molar refractivity (Wildman–Crippen MR) is 79.1 cm³/mol. The summed E-state index contributed by atoms with van der Waals surface area (Å²) in [5.74, 6) is 0.0540. The molecule has 0 unspecified atom stereocenters. The van der Waals surface area contributed by atoms with Gasteiger partial charge in [0.25, 0.3) is 0 Å². The molecule has 1 aromatic rings. The summed E-state index contributed by atoms with van der Waals surface area (Å²) in [6, 6.07) is 7.47. The van der Waals surface area contributed by atoms with E-state index in [-0.39, 0.29) is 5.75 Å². The Morgan fingerprint density at radius 3 is 2.47 bits per heavy atom. The lowest BCUT2D eigenvalue weighted by molar-refractivity contribution is 0.418. The lowest BCUT2D eigenvalue weighted by Gasteiger charge is -2.20. The van der Waals surface area contributed by atoms with Crippen molar-refractivity contribution in [1.82, 2.24) is 4.31 Å². The van der Waals surface area contributed by atoms with Gasteiger partial charge in [0.15, 0.2) is 0 Å². The summed E-state index contributed by atoms with van der Waals surface area (Å²) in [6.45, 7) is 5.50. The second-order valence-corrected chi connectivity index (χ2v) is 6.59. The van der Waals surface area contributed by atoms with Gasteiger partial charge in [0, 0.05) is 19.6 Å². The first-order valence-corrected chi connectivity index (χ1v) is 8.40. The van der Waals surface area contributed by atoms with Gasteiger partial charge in [0.05, 0.1) is 5.75 Å². The number of sulfonamides is 1. The van der Waals surface area contributed by atoms with E-state index in [4.69, 9.17) is 5.73 Å². The van der Waals surface area contributed by atoms with Crippen LogP contribution in [0.1, 0.15) is 37.8 Å². The van der Waals surface area contributed by atoms with Gasteiger partial charge in [-0.2, -0.15) is 0 Å². The Labute approximate surface area is 116 Å². The van der Waals surface area contributed by atoms with Crippen molar-refractivity contribution in [3.05, 3.63) is 35.4 Å². The van der Waals surface area contributed by atoms with Gasteiger partial charge in [-0.25, -0.2) is 12.7 Å². The topological polar surface area (TPSA) is 63.4 Å². The molecule has 0 heterocycles. The van der Waals surface area contributed by atoms with Gasteiger partial charge in [-0.05, 0) is 17.5 Å². The molecule has 5 heteroatoms.